The SMILES string of the molecule is C=CC(=O)Nc1cc(-c2cc(CN3CCOCC3)cc(Nc3ncc(C)s3)n2)ccc1F. The van der Waals surface area contributed by atoms with E-state index in [1.807, 2.05) is 19.1 Å². The second kappa shape index (κ2) is 9.99. The molecule has 0 bridgehead atoms. The summed E-state index contributed by atoms with van der Waals surface area (Å²) in [4.78, 5) is 24.2. The minimum atomic E-state index is -0.523. The summed E-state index contributed by atoms with van der Waals surface area (Å²) in [5, 5.41) is 6.53. The van der Waals surface area contributed by atoms with Crippen LogP contribution in [0.2, 0.25) is 0 Å². The quantitative estimate of drug-likeness (QED) is 0.518. The number of hydrogen-bond donors (Lipinski definition) is 2. The first-order valence-corrected chi connectivity index (χ1v) is 11.1. The Morgan fingerprint density at radius 2 is 2.12 bits per heavy atom. The smallest absolute Gasteiger partial charge is 0.247 e. The van der Waals surface area contributed by atoms with E-state index >= 15 is 0 Å². The number of amides is 1. The molecule has 9 heteroatoms. The van der Waals surface area contributed by atoms with E-state index < -0.39 is 11.7 Å². The molecule has 1 aliphatic heterocycles. The molecule has 1 amide bonds. The summed E-state index contributed by atoms with van der Waals surface area (Å²) in [5.41, 5.74) is 2.50. The Labute approximate surface area is 190 Å². The van der Waals surface area contributed by atoms with E-state index in [1.165, 1.54) is 6.07 Å². The third kappa shape index (κ3) is 5.56. The van der Waals surface area contributed by atoms with Crippen molar-refractivity contribution in [2.45, 2.75) is 13.5 Å². The molecule has 0 saturated carbocycles. The van der Waals surface area contributed by atoms with Crippen LogP contribution in [-0.4, -0.2) is 47.1 Å². The summed E-state index contributed by atoms with van der Waals surface area (Å²) in [6, 6.07) is 8.54. The lowest BCUT2D eigenvalue weighted by atomic mass is 10.1. The molecule has 0 radical (unpaired) electrons. The van der Waals surface area contributed by atoms with Gasteiger partial charge >= 0.3 is 0 Å². The van der Waals surface area contributed by atoms with Gasteiger partial charge in [0, 0.05) is 36.3 Å². The van der Waals surface area contributed by atoms with Crippen molar-refractivity contribution in [2.24, 2.45) is 0 Å². The highest BCUT2D eigenvalue weighted by Gasteiger charge is 2.15. The van der Waals surface area contributed by atoms with Crippen LogP contribution in [0.25, 0.3) is 11.3 Å². The van der Waals surface area contributed by atoms with Crippen molar-refractivity contribution in [3.05, 3.63) is 65.4 Å². The lowest BCUT2D eigenvalue weighted by Crippen LogP contribution is -2.35. The summed E-state index contributed by atoms with van der Waals surface area (Å²) >= 11 is 1.54. The van der Waals surface area contributed by atoms with Gasteiger partial charge in [-0.05, 0) is 48.9 Å². The fourth-order valence-corrected chi connectivity index (χ4v) is 4.07. The molecule has 32 heavy (non-hydrogen) atoms. The Morgan fingerprint density at radius 1 is 1.31 bits per heavy atom. The zero-order valence-corrected chi connectivity index (χ0v) is 18.5. The lowest BCUT2D eigenvalue weighted by Gasteiger charge is -2.26. The number of carbonyl (C=O) groups excluding carboxylic acids is 1. The number of pyridine rings is 1. The van der Waals surface area contributed by atoms with Crippen LogP contribution in [0.1, 0.15) is 10.4 Å². The number of nitrogens with zero attached hydrogens (tertiary/aromatic N) is 3. The molecule has 0 aliphatic carbocycles. The Balaban J connectivity index is 1.68. The number of thiazole rings is 1. The normalized spacial score (nSPS) is 14.2. The van der Waals surface area contributed by atoms with Crippen molar-refractivity contribution in [1.82, 2.24) is 14.9 Å². The number of carbonyl (C=O) groups is 1. The zero-order chi connectivity index (χ0) is 22.5. The van der Waals surface area contributed by atoms with Gasteiger partial charge in [-0.1, -0.05) is 6.58 Å². The summed E-state index contributed by atoms with van der Waals surface area (Å²) in [6.07, 6.45) is 2.91. The van der Waals surface area contributed by atoms with Crippen molar-refractivity contribution in [3.63, 3.8) is 0 Å². The van der Waals surface area contributed by atoms with Gasteiger partial charge in [-0.15, -0.1) is 11.3 Å². The van der Waals surface area contributed by atoms with Gasteiger partial charge in [-0.2, -0.15) is 0 Å². The molecule has 1 fully saturated rings. The number of aryl methyl sites for hydroxylation is 1. The van der Waals surface area contributed by atoms with Gasteiger partial charge in [-0.3, -0.25) is 9.69 Å². The van der Waals surface area contributed by atoms with E-state index in [0.29, 0.717) is 30.3 Å². The average molecular weight is 454 g/mol. The molecule has 3 aromatic rings. The average Bonchev–Trinajstić information content (AvgIpc) is 3.20. The van der Waals surface area contributed by atoms with Crippen molar-refractivity contribution in [2.75, 3.05) is 36.9 Å². The zero-order valence-electron chi connectivity index (χ0n) is 17.7. The van der Waals surface area contributed by atoms with Crippen LogP contribution in [0.5, 0.6) is 0 Å². The molecule has 2 aromatic heterocycles. The van der Waals surface area contributed by atoms with Crippen LogP contribution in [0.15, 0.2) is 49.2 Å². The van der Waals surface area contributed by atoms with E-state index in [2.05, 4.69) is 27.1 Å². The Hall–Kier alpha value is -3.14. The van der Waals surface area contributed by atoms with Crippen molar-refractivity contribution in [3.8, 4) is 11.3 Å². The number of ether oxygens (including phenoxy) is 1. The Morgan fingerprint density at radius 3 is 2.84 bits per heavy atom. The van der Waals surface area contributed by atoms with Crippen molar-refractivity contribution < 1.29 is 13.9 Å². The molecule has 0 unspecified atom stereocenters. The summed E-state index contributed by atoms with van der Waals surface area (Å²) in [6.45, 7) is 9.30. The number of morpholine rings is 1. The summed E-state index contributed by atoms with van der Waals surface area (Å²) < 4.78 is 19.7. The first-order valence-electron chi connectivity index (χ1n) is 10.2. The molecule has 2 N–H and O–H groups in total. The number of halogens is 1. The minimum Gasteiger partial charge on any atom is -0.379 e. The number of hydrogen-bond acceptors (Lipinski definition) is 7. The predicted molar refractivity (Wildman–Crippen MR) is 125 cm³/mol. The standard InChI is InChI=1S/C23H24FN5O2S/c1-3-22(30)27-20-12-17(4-5-18(20)24)19-10-16(14-29-6-8-31-9-7-29)11-21(26-19)28-23-25-13-15(2)32-23/h3-5,10-13H,1,6-9,14H2,2H3,(H,27,30)(H,25,26,28). The van der Waals surface area contributed by atoms with E-state index in [4.69, 9.17) is 9.72 Å². The number of aromatic nitrogens is 2. The Bertz CT molecular complexity index is 1130. The van der Waals surface area contributed by atoms with Crippen molar-refractivity contribution in [1.29, 1.82) is 0 Å². The second-order valence-corrected chi connectivity index (χ2v) is 8.66. The van der Waals surface area contributed by atoms with E-state index in [-0.39, 0.29) is 5.69 Å². The first-order chi connectivity index (χ1) is 15.5. The highest BCUT2D eigenvalue weighted by atomic mass is 32.1. The van der Waals surface area contributed by atoms with Crippen LogP contribution in [0.4, 0.5) is 21.0 Å². The maximum atomic E-state index is 14.2. The number of anilines is 3. The van der Waals surface area contributed by atoms with Gasteiger partial charge in [0.15, 0.2) is 5.13 Å². The predicted octanol–water partition coefficient (Wildman–Crippen LogP) is 4.35. The molecule has 0 atom stereocenters. The minimum absolute atomic E-state index is 0.0813. The maximum Gasteiger partial charge on any atom is 0.247 e. The van der Waals surface area contributed by atoms with E-state index in [0.717, 1.165) is 41.3 Å². The summed E-state index contributed by atoms with van der Waals surface area (Å²) in [5.74, 6) is -0.345. The molecular formula is C23H24FN5O2S. The number of rotatable bonds is 7. The maximum absolute atomic E-state index is 14.2. The molecule has 1 aliphatic rings. The van der Waals surface area contributed by atoms with Crippen LogP contribution >= 0.6 is 11.3 Å². The molecule has 4 rings (SSSR count). The number of nitrogens with one attached hydrogen (secondary N) is 2. The Kier molecular flexibility index (Phi) is 6.89. The van der Waals surface area contributed by atoms with Gasteiger partial charge < -0.3 is 15.4 Å². The van der Waals surface area contributed by atoms with E-state index in [9.17, 15) is 9.18 Å². The third-order valence-electron chi connectivity index (χ3n) is 4.96. The monoisotopic (exact) mass is 453 g/mol. The lowest BCUT2D eigenvalue weighted by molar-refractivity contribution is -0.111. The molecule has 166 valence electrons. The molecule has 3 heterocycles. The van der Waals surface area contributed by atoms with Gasteiger partial charge in [0.1, 0.15) is 11.6 Å². The topological polar surface area (TPSA) is 79.4 Å². The fraction of sp³-hybridized carbons (Fsp3) is 0.261. The highest BCUT2D eigenvalue weighted by molar-refractivity contribution is 7.15. The van der Waals surface area contributed by atoms with Gasteiger partial charge in [-0.25, -0.2) is 14.4 Å². The second-order valence-electron chi connectivity index (χ2n) is 7.42. The molecule has 1 aromatic carbocycles. The molecule has 7 nitrogen and oxygen atoms in total. The first kappa shape index (κ1) is 22.1. The molecule has 0 spiro atoms. The molecular weight excluding hydrogens is 429 g/mol. The van der Waals surface area contributed by atoms with Gasteiger partial charge in [0.25, 0.3) is 0 Å². The third-order valence-corrected chi connectivity index (χ3v) is 5.78. The van der Waals surface area contributed by atoms with Crippen LogP contribution < -0.4 is 10.6 Å². The summed E-state index contributed by atoms with van der Waals surface area (Å²) in [7, 11) is 0. The van der Waals surface area contributed by atoms with Crippen LogP contribution in [-0.2, 0) is 16.1 Å². The van der Waals surface area contributed by atoms with E-state index in [1.54, 1.807) is 29.7 Å². The highest BCUT2D eigenvalue weighted by Crippen LogP contribution is 2.28. The fourth-order valence-electron chi connectivity index (χ4n) is 3.39. The number of benzene rings is 1. The van der Waals surface area contributed by atoms with Crippen LogP contribution in [0.3, 0.4) is 0 Å². The van der Waals surface area contributed by atoms with Crippen LogP contribution in [0, 0.1) is 12.7 Å². The van der Waals surface area contributed by atoms with Gasteiger partial charge in [0.2, 0.25) is 5.91 Å². The molecule has 1 saturated heterocycles. The largest absolute Gasteiger partial charge is 0.379 e. The van der Waals surface area contributed by atoms with Crippen molar-refractivity contribution >= 4 is 33.9 Å². The van der Waals surface area contributed by atoms with Gasteiger partial charge in [0.05, 0.1) is 24.6 Å².